The van der Waals surface area contributed by atoms with Crippen LogP contribution in [-0.4, -0.2) is 44.6 Å². The summed E-state index contributed by atoms with van der Waals surface area (Å²) < 4.78 is 46.4. The highest BCUT2D eigenvalue weighted by Gasteiger charge is 2.27. The number of methoxy groups -OCH3 is 1. The van der Waals surface area contributed by atoms with Crippen molar-refractivity contribution in [1.29, 1.82) is 0 Å². The van der Waals surface area contributed by atoms with E-state index in [-0.39, 0.29) is 22.2 Å². The van der Waals surface area contributed by atoms with Crippen LogP contribution >= 0.6 is 0 Å². The molecule has 2 N–H and O–H groups in total. The molecule has 2 aromatic rings. The van der Waals surface area contributed by atoms with Crippen molar-refractivity contribution in [2.24, 2.45) is 0 Å². The van der Waals surface area contributed by atoms with Crippen molar-refractivity contribution in [2.75, 3.05) is 25.1 Å². The number of ether oxygens (including phenoxy) is 1. The summed E-state index contributed by atoms with van der Waals surface area (Å²) in [6, 6.07) is 4.47. The molecule has 0 spiro atoms. The molecule has 3 rings (SSSR count). The Morgan fingerprint density at radius 2 is 2.00 bits per heavy atom. The van der Waals surface area contributed by atoms with Crippen molar-refractivity contribution >= 4 is 16.0 Å². The summed E-state index contributed by atoms with van der Waals surface area (Å²) >= 11 is 0. The molecule has 1 saturated heterocycles. The number of benzene rings is 1. The van der Waals surface area contributed by atoms with Gasteiger partial charge in [0.1, 0.15) is 16.5 Å². The molecule has 27 heavy (non-hydrogen) atoms. The van der Waals surface area contributed by atoms with Gasteiger partial charge >= 0.3 is 0 Å². The number of halogens is 1. The standard InChI is InChI=1S/C17H21FN4O4S/c1-11-9-16(23)20-17(19-11)22-7-5-13(6-8-22)21-27(24,25)15-10-12(18)3-4-14(15)26-2/h3-4,9-10,13,21H,5-8H2,1-2H3,(H,19,20,23). The van der Waals surface area contributed by atoms with Crippen LogP contribution in [-0.2, 0) is 10.0 Å². The molecule has 0 atom stereocenters. The van der Waals surface area contributed by atoms with Gasteiger partial charge in [0, 0.05) is 30.9 Å². The maximum Gasteiger partial charge on any atom is 0.252 e. The largest absolute Gasteiger partial charge is 0.495 e. The lowest BCUT2D eigenvalue weighted by atomic mass is 10.1. The fraction of sp³-hybridized carbons (Fsp3) is 0.412. The Balaban J connectivity index is 1.70. The van der Waals surface area contributed by atoms with Gasteiger partial charge in [-0.2, -0.15) is 0 Å². The molecule has 0 radical (unpaired) electrons. The maximum atomic E-state index is 13.5. The van der Waals surface area contributed by atoms with E-state index in [1.165, 1.54) is 19.2 Å². The highest BCUT2D eigenvalue weighted by Crippen LogP contribution is 2.25. The third kappa shape index (κ3) is 4.45. The Hall–Kier alpha value is -2.46. The van der Waals surface area contributed by atoms with Gasteiger partial charge in [-0.15, -0.1) is 0 Å². The number of piperidine rings is 1. The number of aryl methyl sites for hydroxylation is 1. The Bertz CT molecular complexity index is 985. The lowest BCUT2D eigenvalue weighted by Gasteiger charge is -2.32. The summed E-state index contributed by atoms with van der Waals surface area (Å²) in [4.78, 5) is 20.3. The zero-order valence-corrected chi connectivity index (χ0v) is 15.8. The minimum absolute atomic E-state index is 0.0860. The van der Waals surface area contributed by atoms with Crippen LogP contribution in [0, 0.1) is 12.7 Å². The van der Waals surface area contributed by atoms with E-state index in [0.717, 1.165) is 12.1 Å². The van der Waals surface area contributed by atoms with Gasteiger partial charge in [-0.3, -0.25) is 9.78 Å². The molecular weight excluding hydrogens is 375 g/mol. The smallest absolute Gasteiger partial charge is 0.252 e. The number of anilines is 1. The number of hydrogen-bond donors (Lipinski definition) is 2. The van der Waals surface area contributed by atoms with Gasteiger partial charge in [0.05, 0.1) is 7.11 Å². The van der Waals surface area contributed by atoms with Crippen molar-refractivity contribution in [3.63, 3.8) is 0 Å². The third-order valence-corrected chi connectivity index (χ3v) is 5.93. The molecule has 1 fully saturated rings. The van der Waals surface area contributed by atoms with Gasteiger partial charge < -0.3 is 9.64 Å². The zero-order valence-electron chi connectivity index (χ0n) is 15.0. The van der Waals surface area contributed by atoms with Gasteiger partial charge in [0.15, 0.2) is 0 Å². The van der Waals surface area contributed by atoms with Crippen LogP contribution in [0.25, 0.3) is 0 Å². The molecule has 0 saturated carbocycles. The zero-order chi connectivity index (χ0) is 19.6. The van der Waals surface area contributed by atoms with E-state index in [9.17, 15) is 17.6 Å². The molecule has 0 unspecified atom stereocenters. The summed E-state index contributed by atoms with van der Waals surface area (Å²) in [5.74, 6) is -0.0866. The fourth-order valence-corrected chi connectivity index (χ4v) is 4.55. The number of aromatic amines is 1. The molecule has 10 heteroatoms. The summed E-state index contributed by atoms with van der Waals surface area (Å²) in [5, 5.41) is 0. The molecule has 1 aliphatic heterocycles. The van der Waals surface area contributed by atoms with Crippen molar-refractivity contribution in [3.8, 4) is 5.75 Å². The van der Waals surface area contributed by atoms with Gasteiger partial charge in [-0.25, -0.2) is 22.5 Å². The van der Waals surface area contributed by atoms with Gasteiger partial charge in [-0.05, 0) is 38.0 Å². The summed E-state index contributed by atoms with van der Waals surface area (Å²) in [6.07, 6.45) is 1.04. The molecule has 2 heterocycles. The van der Waals surface area contributed by atoms with E-state index in [1.807, 2.05) is 4.90 Å². The molecule has 0 amide bonds. The molecule has 8 nitrogen and oxygen atoms in total. The third-order valence-electron chi connectivity index (χ3n) is 4.39. The molecule has 1 aliphatic rings. The predicted molar refractivity (Wildman–Crippen MR) is 98.1 cm³/mol. The Labute approximate surface area is 156 Å². The molecular formula is C17H21FN4O4S. The van der Waals surface area contributed by atoms with E-state index in [2.05, 4.69) is 14.7 Å². The van der Waals surface area contributed by atoms with E-state index in [0.29, 0.717) is 37.6 Å². The first kappa shape index (κ1) is 19.3. The number of nitrogens with one attached hydrogen (secondary N) is 2. The van der Waals surface area contributed by atoms with Crippen molar-refractivity contribution in [3.05, 3.63) is 46.1 Å². The minimum Gasteiger partial charge on any atom is -0.495 e. The SMILES string of the molecule is COc1ccc(F)cc1S(=O)(=O)NC1CCN(c2nc(C)cc(=O)[nH]2)CC1. The van der Waals surface area contributed by atoms with Crippen LogP contribution in [0.3, 0.4) is 0 Å². The number of hydrogen-bond acceptors (Lipinski definition) is 6. The average molecular weight is 396 g/mol. The number of nitrogens with zero attached hydrogens (tertiary/aromatic N) is 2. The highest BCUT2D eigenvalue weighted by atomic mass is 32.2. The lowest BCUT2D eigenvalue weighted by Crippen LogP contribution is -2.45. The number of aromatic nitrogens is 2. The van der Waals surface area contributed by atoms with Crippen LogP contribution in [0.1, 0.15) is 18.5 Å². The van der Waals surface area contributed by atoms with E-state index in [1.54, 1.807) is 6.92 Å². The summed E-state index contributed by atoms with van der Waals surface area (Å²) in [6.45, 7) is 2.80. The van der Waals surface area contributed by atoms with E-state index < -0.39 is 15.8 Å². The maximum absolute atomic E-state index is 13.5. The number of H-pyrrole nitrogens is 1. The second-order valence-corrected chi connectivity index (χ2v) is 8.07. The van der Waals surface area contributed by atoms with Gasteiger partial charge in [-0.1, -0.05) is 0 Å². The number of sulfonamides is 1. The minimum atomic E-state index is -3.93. The molecule has 1 aromatic heterocycles. The Morgan fingerprint density at radius 3 is 2.63 bits per heavy atom. The van der Waals surface area contributed by atoms with Gasteiger partial charge in [0.25, 0.3) is 5.56 Å². The van der Waals surface area contributed by atoms with Crippen LogP contribution < -0.4 is 19.9 Å². The summed E-state index contributed by atoms with van der Waals surface area (Å²) in [7, 11) is -2.59. The van der Waals surface area contributed by atoms with E-state index in [4.69, 9.17) is 4.74 Å². The second-order valence-electron chi connectivity index (χ2n) is 6.39. The molecule has 0 bridgehead atoms. The summed E-state index contributed by atoms with van der Waals surface area (Å²) in [5.41, 5.74) is 0.397. The Kier molecular flexibility index (Phi) is 5.47. The molecule has 0 aliphatic carbocycles. The first-order chi connectivity index (χ1) is 12.8. The predicted octanol–water partition coefficient (Wildman–Crippen LogP) is 1.17. The van der Waals surface area contributed by atoms with Crippen molar-refractivity contribution in [2.45, 2.75) is 30.7 Å². The lowest BCUT2D eigenvalue weighted by molar-refractivity contribution is 0.399. The normalized spacial score (nSPS) is 15.7. The second kappa shape index (κ2) is 7.65. The molecule has 1 aromatic carbocycles. The van der Waals surface area contributed by atoms with Crippen LogP contribution in [0.2, 0.25) is 0 Å². The average Bonchev–Trinajstić information content (AvgIpc) is 2.61. The Morgan fingerprint density at radius 1 is 1.30 bits per heavy atom. The van der Waals surface area contributed by atoms with Crippen LogP contribution in [0.5, 0.6) is 5.75 Å². The quantitative estimate of drug-likeness (QED) is 0.786. The van der Waals surface area contributed by atoms with Crippen molar-refractivity contribution in [1.82, 2.24) is 14.7 Å². The number of rotatable bonds is 5. The van der Waals surface area contributed by atoms with E-state index >= 15 is 0 Å². The van der Waals surface area contributed by atoms with Crippen LogP contribution in [0.4, 0.5) is 10.3 Å². The topological polar surface area (TPSA) is 104 Å². The fourth-order valence-electron chi connectivity index (χ4n) is 3.07. The van der Waals surface area contributed by atoms with Crippen LogP contribution in [0.15, 0.2) is 34.0 Å². The first-order valence-electron chi connectivity index (χ1n) is 8.47. The van der Waals surface area contributed by atoms with Crippen molar-refractivity contribution < 1.29 is 17.5 Å². The van der Waals surface area contributed by atoms with Gasteiger partial charge in [0.2, 0.25) is 16.0 Å². The molecule has 146 valence electrons. The monoisotopic (exact) mass is 396 g/mol. The highest BCUT2D eigenvalue weighted by molar-refractivity contribution is 7.89. The first-order valence-corrected chi connectivity index (χ1v) is 9.95.